The number of halogens is 1. The number of nitrogens with zero attached hydrogens (tertiary/aromatic N) is 1. The zero-order valence-corrected chi connectivity index (χ0v) is 12.6. The predicted molar refractivity (Wildman–Crippen MR) is 86.5 cm³/mol. The average Bonchev–Trinajstić information content (AvgIpc) is 2.59. The van der Waals surface area contributed by atoms with Gasteiger partial charge in [-0.3, -0.25) is 15.2 Å². The van der Waals surface area contributed by atoms with Crippen LogP contribution in [0, 0.1) is 11.2 Å². The van der Waals surface area contributed by atoms with Crippen molar-refractivity contribution in [2.75, 3.05) is 7.05 Å². The Hall–Kier alpha value is -2.86. The van der Waals surface area contributed by atoms with Crippen molar-refractivity contribution in [2.45, 2.75) is 6.04 Å². The molecule has 5 nitrogen and oxygen atoms in total. The standard InChI is InChI=1S/C17H17FN4O/c1-21-17(12-5-3-7-22-9-12)15(14(19)10-23)16(20)11-4-2-6-13(18)8-11/h2-10,17,20-21H,19H2,1H3/b15-14+,20-16?. The Bertz CT molecular complexity index is 743. The van der Waals surface area contributed by atoms with Crippen LogP contribution in [-0.2, 0) is 4.79 Å². The predicted octanol–water partition coefficient (Wildman–Crippen LogP) is 1.96. The number of aldehydes is 1. The molecule has 2 rings (SSSR count). The molecule has 0 saturated carbocycles. The minimum atomic E-state index is -0.510. The van der Waals surface area contributed by atoms with E-state index < -0.39 is 11.9 Å². The highest BCUT2D eigenvalue weighted by Crippen LogP contribution is 2.25. The first-order valence-electron chi connectivity index (χ1n) is 6.95. The number of allylic oxidation sites excluding steroid dienone is 1. The minimum absolute atomic E-state index is 0.0164. The molecule has 0 fully saturated rings. The van der Waals surface area contributed by atoms with E-state index >= 15 is 0 Å². The normalized spacial score (nSPS) is 13.1. The average molecular weight is 312 g/mol. The second kappa shape index (κ2) is 7.42. The van der Waals surface area contributed by atoms with Gasteiger partial charge in [-0.05, 0) is 30.8 Å². The molecule has 4 N–H and O–H groups in total. The summed E-state index contributed by atoms with van der Waals surface area (Å²) in [6, 6.07) is 8.68. The highest BCUT2D eigenvalue weighted by Gasteiger charge is 2.23. The number of nitrogens with one attached hydrogen (secondary N) is 2. The number of nitrogens with two attached hydrogens (primary N) is 1. The van der Waals surface area contributed by atoms with Gasteiger partial charge in [0.1, 0.15) is 5.82 Å². The number of carbonyl (C=O) groups is 1. The van der Waals surface area contributed by atoms with Crippen LogP contribution in [0.4, 0.5) is 4.39 Å². The third-order valence-electron chi connectivity index (χ3n) is 3.42. The van der Waals surface area contributed by atoms with Crippen LogP contribution in [0.2, 0.25) is 0 Å². The first-order valence-corrected chi connectivity index (χ1v) is 6.95. The molecular weight excluding hydrogens is 295 g/mol. The fourth-order valence-electron chi connectivity index (χ4n) is 2.34. The highest BCUT2D eigenvalue weighted by atomic mass is 19.1. The van der Waals surface area contributed by atoms with Gasteiger partial charge >= 0.3 is 0 Å². The molecule has 23 heavy (non-hydrogen) atoms. The van der Waals surface area contributed by atoms with E-state index in [0.29, 0.717) is 11.8 Å². The Kier molecular flexibility index (Phi) is 5.32. The maximum Gasteiger partial charge on any atom is 0.166 e. The maximum atomic E-state index is 13.4. The molecule has 1 atom stereocenters. The fraction of sp³-hybridized carbons (Fsp3) is 0.118. The number of rotatable bonds is 6. The SMILES string of the molecule is CNC(/C(C(=N)c1cccc(F)c1)=C(/N)C=O)c1cccnc1. The van der Waals surface area contributed by atoms with Gasteiger partial charge in [0.15, 0.2) is 6.29 Å². The monoisotopic (exact) mass is 312 g/mol. The van der Waals surface area contributed by atoms with Crippen molar-refractivity contribution in [1.82, 2.24) is 10.3 Å². The molecular formula is C17H17FN4O. The number of carbonyl (C=O) groups excluding carboxylic acids is 1. The summed E-state index contributed by atoms with van der Waals surface area (Å²) in [7, 11) is 1.69. The summed E-state index contributed by atoms with van der Waals surface area (Å²) in [5, 5.41) is 11.4. The smallest absolute Gasteiger partial charge is 0.166 e. The first kappa shape index (κ1) is 16.5. The molecule has 0 aliphatic rings. The zero-order chi connectivity index (χ0) is 16.8. The fourth-order valence-corrected chi connectivity index (χ4v) is 2.34. The van der Waals surface area contributed by atoms with Crippen molar-refractivity contribution in [1.29, 1.82) is 5.41 Å². The van der Waals surface area contributed by atoms with Gasteiger partial charge in [-0.15, -0.1) is 0 Å². The minimum Gasteiger partial charge on any atom is -0.396 e. The summed E-state index contributed by atoms with van der Waals surface area (Å²) in [5.41, 5.74) is 7.09. The number of aromatic nitrogens is 1. The Morgan fingerprint density at radius 2 is 2.17 bits per heavy atom. The van der Waals surface area contributed by atoms with Gasteiger partial charge in [0, 0.05) is 23.5 Å². The molecule has 1 heterocycles. The van der Waals surface area contributed by atoms with Crippen LogP contribution < -0.4 is 11.1 Å². The molecule has 1 aromatic heterocycles. The molecule has 0 aliphatic carbocycles. The van der Waals surface area contributed by atoms with Crippen LogP contribution in [0.15, 0.2) is 60.1 Å². The molecule has 0 amide bonds. The quantitative estimate of drug-likeness (QED) is 0.432. The highest BCUT2D eigenvalue weighted by molar-refractivity contribution is 6.13. The summed E-state index contributed by atoms with van der Waals surface area (Å²) in [4.78, 5) is 15.2. The molecule has 0 saturated heterocycles. The zero-order valence-electron chi connectivity index (χ0n) is 12.6. The molecule has 0 bridgehead atoms. The van der Waals surface area contributed by atoms with E-state index in [-0.39, 0.29) is 17.0 Å². The van der Waals surface area contributed by atoms with Gasteiger partial charge in [-0.1, -0.05) is 18.2 Å². The number of benzene rings is 1. The number of likely N-dealkylation sites (N-methyl/N-ethyl adjacent to an activating group) is 1. The number of pyridine rings is 1. The van der Waals surface area contributed by atoms with E-state index in [4.69, 9.17) is 11.1 Å². The van der Waals surface area contributed by atoms with E-state index in [0.717, 1.165) is 5.56 Å². The molecule has 0 spiro atoms. The lowest BCUT2D eigenvalue weighted by Gasteiger charge is -2.22. The molecule has 0 radical (unpaired) electrons. The first-order chi connectivity index (χ1) is 11.1. The number of hydrogen-bond acceptors (Lipinski definition) is 5. The Morgan fingerprint density at radius 1 is 1.39 bits per heavy atom. The van der Waals surface area contributed by atoms with E-state index in [2.05, 4.69) is 10.3 Å². The van der Waals surface area contributed by atoms with Gasteiger partial charge in [0.25, 0.3) is 0 Å². The second-order valence-corrected chi connectivity index (χ2v) is 4.88. The molecule has 1 unspecified atom stereocenters. The number of hydrogen-bond donors (Lipinski definition) is 3. The van der Waals surface area contributed by atoms with Gasteiger partial charge in [-0.2, -0.15) is 0 Å². The van der Waals surface area contributed by atoms with Gasteiger partial charge in [-0.25, -0.2) is 4.39 Å². The van der Waals surface area contributed by atoms with Crippen LogP contribution in [0.3, 0.4) is 0 Å². The summed E-state index contributed by atoms with van der Waals surface area (Å²) < 4.78 is 13.4. The third-order valence-corrected chi connectivity index (χ3v) is 3.42. The van der Waals surface area contributed by atoms with Gasteiger partial charge in [0.2, 0.25) is 0 Å². The van der Waals surface area contributed by atoms with Crippen LogP contribution in [0.1, 0.15) is 17.2 Å². The summed E-state index contributed by atoms with van der Waals surface area (Å²) in [6.07, 6.45) is 3.74. The lowest BCUT2D eigenvalue weighted by Crippen LogP contribution is -2.27. The van der Waals surface area contributed by atoms with Crippen molar-refractivity contribution >= 4 is 12.0 Å². The van der Waals surface area contributed by atoms with E-state index in [9.17, 15) is 9.18 Å². The Labute approximate surface area is 133 Å². The van der Waals surface area contributed by atoms with Crippen LogP contribution in [0.25, 0.3) is 0 Å². The van der Waals surface area contributed by atoms with Crippen molar-refractivity contribution in [3.8, 4) is 0 Å². The van der Waals surface area contributed by atoms with Gasteiger partial charge < -0.3 is 11.1 Å². The molecule has 2 aromatic rings. The summed E-state index contributed by atoms with van der Waals surface area (Å²) >= 11 is 0. The largest absolute Gasteiger partial charge is 0.396 e. The van der Waals surface area contributed by atoms with Crippen molar-refractivity contribution < 1.29 is 9.18 Å². The molecule has 118 valence electrons. The van der Waals surface area contributed by atoms with Crippen molar-refractivity contribution in [3.63, 3.8) is 0 Å². The van der Waals surface area contributed by atoms with Crippen molar-refractivity contribution in [3.05, 3.63) is 77.0 Å². The van der Waals surface area contributed by atoms with Crippen molar-refractivity contribution in [2.24, 2.45) is 5.73 Å². The second-order valence-electron chi connectivity index (χ2n) is 4.88. The third kappa shape index (κ3) is 3.67. The molecule has 1 aromatic carbocycles. The lowest BCUT2D eigenvalue weighted by molar-refractivity contribution is -0.105. The van der Waals surface area contributed by atoms with Crippen LogP contribution >= 0.6 is 0 Å². The molecule has 0 aliphatic heterocycles. The summed E-state index contributed by atoms with van der Waals surface area (Å²) in [5.74, 6) is -0.460. The molecule has 6 heteroatoms. The van der Waals surface area contributed by atoms with Crippen LogP contribution in [-0.4, -0.2) is 24.0 Å². The van der Waals surface area contributed by atoms with Crippen LogP contribution in [0.5, 0.6) is 0 Å². The lowest BCUT2D eigenvalue weighted by atomic mass is 9.91. The van der Waals surface area contributed by atoms with E-state index in [1.807, 2.05) is 6.07 Å². The van der Waals surface area contributed by atoms with E-state index in [1.54, 1.807) is 31.6 Å². The Balaban J connectivity index is 2.54. The topological polar surface area (TPSA) is 91.9 Å². The summed E-state index contributed by atoms with van der Waals surface area (Å²) in [6.45, 7) is 0. The Morgan fingerprint density at radius 3 is 2.74 bits per heavy atom. The van der Waals surface area contributed by atoms with Gasteiger partial charge in [0.05, 0.1) is 17.5 Å². The maximum absolute atomic E-state index is 13.4. The van der Waals surface area contributed by atoms with E-state index in [1.165, 1.54) is 18.2 Å².